The van der Waals surface area contributed by atoms with Crippen LogP contribution in [0.2, 0.25) is 0 Å². The number of rotatable bonds is 3. The highest BCUT2D eigenvalue weighted by atomic mass is 32.1. The van der Waals surface area contributed by atoms with Gasteiger partial charge in [0.2, 0.25) is 0 Å². The third-order valence-corrected chi connectivity index (χ3v) is 4.02. The van der Waals surface area contributed by atoms with E-state index in [9.17, 15) is 0 Å². The Morgan fingerprint density at radius 1 is 1.29 bits per heavy atom. The molecule has 17 heavy (non-hydrogen) atoms. The van der Waals surface area contributed by atoms with Gasteiger partial charge >= 0.3 is 0 Å². The van der Waals surface area contributed by atoms with Crippen LogP contribution in [0.25, 0.3) is 0 Å². The summed E-state index contributed by atoms with van der Waals surface area (Å²) in [5, 5.41) is 4.71. The molecule has 0 aliphatic carbocycles. The highest BCUT2D eigenvalue weighted by Gasteiger charge is 2.15. The summed E-state index contributed by atoms with van der Waals surface area (Å²) >= 11 is 1.83. The average Bonchev–Trinajstić information content (AvgIpc) is 2.75. The molecule has 2 heterocycles. The van der Waals surface area contributed by atoms with Crippen LogP contribution in [0, 0.1) is 0 Å². The van der Waals surface area contributed by atoms with Crippen LogP contribution in [-0.2, 0) is 6.54 Å². The molecule has 3 nitrogen and oxygen atoms in total. The van der Waals surface area contributed by atoms with Crippen molar-refractivity contribution in [2.75, 3.05) is 18.0 Å². The third-order valence-electron chi connectivity index (χ3n) is 2.96. The number of hydrogen-bond donors (Lipinski definition) is 1. The smallest absolute Gasteiger partial charge is 0.185 e. The Kier molecular flexibility index (Phi) is 4.05. The molecule has 0 bridgehead atoms. The fourth-order valence-corrected chi connectivity index (χ4v) is 2.86. The van der Waals surface area contributed by atoms with Crippen molar-refractivity contribution in [3.63, 3.8) is 0 Å². The molecule has 1 N–H and O–H groups in total. The minimum atomic E-state index is 0.176. The standard InChI is InChI=1S/C13H23N3S/c1-13(2,3)15-10-11-9-14-12(17-11)16-7-5-4-6-8-16/h9,15H,4-8,10H2,1-3H3. The van der Waals surface area contributed by atoms with E-state index in [1.54, 1.807) is 0 Å². The van der Waals surface area contributed by atoms with Crippen molar-refractivity contribution < 1.29 is 0 Å². The lowest BCUT2D eigenvalue weighted by atomic mass is 10.1. The Morgan fingerprint density at radius 2 is 2.00 bits per heavy atom. The van der Waals surface area contributed by atoms with Crippen LogP contribution in [0.3, 0.4) is 0 Å². The summed E-state index contributed by atoms with van der Waals surface area (Å²) in [6, 6.07) is 0. The van der Waals surface area contributed by atoms with E-state index in [1.165, 1.54) is 42.4 Å². The van der Waals surface area contributed by atoms with Gasteiger partial charge in [0.05, 0.1) is 0 Å². The van der Waals surface area contributed by atoms with E-state index >= 15 is 0 Å². The SMILES string of the molecule is CC(C)(C)NCc1cnc(N2CCCCC2)s1. The molecule has 0 amide bonds. The van der Waals surface area contributed by atoms with Gasteiger partial charge in [-0.05, 0) is 40.0 Å². The summed E-state index contributed by atoms with van der Waals surface area (Å²) in [5.74, 6) is 0. The van der Waals surface area contributed by atoms with Crippen molar-refractivity contribution in [2.45, 2.75) is 52.1 Å². The van der Waals surface area contributed by atoms with Crippen molar-refractivity contribution in [3.05, 3.63) is 11.1 Å². The third kappa shape index (κ3) is 3.96. The first-order valence-electron chi connectivity index (χ1n) is 6.49. The van der Waals surface area contributed by atoms with Crippen LogP contribution in [0.4, 0.5) is 5.13 Å². The number of piperidine rings is 1. The molecule has 0 unspecified atom stereocenters. The molecular weight excluding hydrogens is 230 g/mol. The largest absolute Gasteiger partial charge is 0.348 e. The molecule has 2 rings (SSSR count). The van der Waals surface area contributed by atoms with Crippen LogP contribution in [-0.4, -0.2) is 23.6 Å². The molecule has 1 saturated heterocycles. The van der Waals surface area contributed by atoms with Gasteiger partial charge in [-0.25, -0.2) is 4.98 Å². The quantitative estimate of drug-likeness (QED) is 0.897. The van der Waals surface area contributed by atoms with E-state index in [2.05, 4.69) is 36.0 Å². The lowest BCUT2D eigenvalue weighted by Crippen LogP contribution is -2.34. The summed E-state index contributed by atoms with van der Waals surface area (Å²) < 4.78 is 0. The summed E-state index contributed by atoms with van der Waals surface area (Å²) in [6.07, 6.45) is 6.03. The van der Waals surface area contributed by atoms with E-state index in [0.29, 0.717) is 0 Å². The molecule has 1 fully saturated rings. The minimum Gasteiger partial charge on any atom is -0.348 e. The van der Waals surface area contributed by atoms with Crippen LogP contribution < -0.4 is 10.2 Å². The molecule has 0 spiro atoms. The summed E-state index contributed by atoms with van der Waals surface area (Å²) in [6.45, 7) is 9.87. The van der Waals surface area contributed by atoms with Crippen LogP contribution in [0.1, 0.15) is 44.9 Å². The molecule has 1 aliphatic rings. The molecule has 0 saturated carbocycles. The normalized spacial score (nSPS) is 17.5. The summed E-state index contributed by atoms with van der Waals surface area (Å²) in [5.41, 5.74) is 0.176. The minimum absolute atomic E-state index is 0.176. The van der Waals surface area contributed by atoms with Crippen molar-refractivity contribution in [1.82, 2.24) is 10.3 Å². The molecular formula is C13H23N3S. The Morgan fingerprint density at radius 3 is 2.65 bits per heavy atom. The summed E-state index contributed by atoms with van der Waals surface area (Å²) in [4.78, 5) is 8.30. The van der Waals surface area contributed by atoms with E-state index < -0.39 is 0 Å². The molecule has 1 aromatic heterocycles. The van der Waals surface area contributed by atoms with Gasteiger partial charge in [0.1, 0.15) is 0 Å². The molecule has 96 valence electrons. The number of thiazole rings is 1. The zero-order chi connectivity index (χ0) is 12.3. The number of hydrogen-bond acceptors (Lipinski definition) is 4. The second kappa shape index (κ2) is 5.36. The van der Waals surface area contributed by atoms with Crippen molar-refractivity contribution in [2.24, 2.45) is 0 Å². The number of aromatic nitrogens is 1. The lowest BCUT2D eigenvalue weighted by molar-refractivity contribution is 0.426. The van der Waals surface area contributed by atoms with E-state index in [4.69, 9.17) is 0 Å². The van der Waals surface area contributed by atoms with Gasteiger partial charge in [-0.3, -0.25) is 0 Å². The van der Waals surface area contributed by atoms with Gasteiger partial charge in [-0.15, -0.1) is 11.3 Å². The second-order valence-electron chi connectivity index (χ2n) is 5.76. The lowest BCUT2D eigenvalue weighted by Gasteiger charge is -2.25. The second-order valence-corrected chi connectivity index (χ2v) is 6.85. The zero-order valence-corrected chi connectivity index (χ0v) is 11.9. The predicted octanol–water partition coefficient (Wildman–Crippen LogP) is 3.02. The number of nitrogens with zero attached hydrogens (tertiary/aromatic N) is 2. The van der Waals surface area contributed by atoms with Crippen LogP contribution >= 0.6 is 11.3 Å². The van der Waals surface area contributed by atoms with Gasteiger partial charge in [0.25, 0.3) is 0 Å². The van der Waals surface area contributed by atoms with E-state index in [-0.39, 0.29) is 5.54 Å². The molecule has 0 aromatic carbocycles. The van der Waals surface area contributed by atoms with Gasteiger partial charge in [0.15, 0.2) is 5.13 Å². The zero-order valence-electron chi connectivity index (χ0n) is 11.1. The Balaban J connectivity index is 1.91. The van der Waals surface area contributed by atoms with Crippen molar-refractivity contribution >= 4 is 16.5 Å². The van der Waals surface area contributed by atoms with Crippen LogP contribution in [0.5, 0.6) is 0 Å². The maximum Gasteiger partial charge on any atom is 0.185 e. The molecule has 1 aliphatic heterocycles. The Labute approximate surface area is 108 Å². The number of nitrogens with one attached hydrogen (secondary N) is 1. The average molecular weight is 253 g/mol. The van der Waals surface area contributed by atoms with Gasteiger partial charge in [-0.2, -0.15) is 0 Å². The van der Waals surface area contributed by atoms with E-state index in [1.807, 2.05) is 17.5 Å². The topological polar surface area (TPSA) is 28.2 Å². The summed E-state index contributed by atoms with van der Waals surface area (Å²) in [7, 11) is 0. The molecule has 0 radical (unpaired) electrons. The first-order valence-corrected chi connectivity index (χ1v) is 7.31. The van der Waals surface area contributed by atoms with Gasteiger partial charge < -0.3 is 10.2 Å². The Hall–Kier alpha value is -0.610. The van der Waals surface area contributed by atoms with E-state index in [0.717, 1.165) is 6.54 Å². The van der Waals surface area contributed by atoms with Crippen molar-refractivity contribution in [3.8, 4) is 0 Å². The fraction of sp³-hybridized carbons (Fsp3) is 0.769. The molecule has 4 heteroatoms. The maximum absolute atomic E-state index is 4.54. The van der Waals surface area contributed by atoms with Gasteiger partial charge in [-0.1, -0.05) is 0 Å². The maximum atomic E-state index is 4.54. The first-order chi connectivity index (χ1) is 8.04. The molecule has 0 atom stereocenters. The van der Waals surface area contributed by atoms with Crippen LogP contribution in [0.15, 0.2) is 6.20 Å². The number of anilines is 1. The Bertz CT molecular complexity index is 348. The highest BCUT2D eigenvalue weighted by molar-refractivity contribution is 7.15. The fourth-order valence-electron chi connectivity index (χ4n) is 1.96. The van der Waals surface area contributed by atoms with Gasteiger partial charge in [0, 0.05) is 36.2 Å². The first kappa shape index (κ1) is 12.8. The molecule has 1 aromatic rings. The highest BCUT2D eigenvalue weighted by Crippen LogP contribution is 2.25. The predicted molar refractivity (Wildman–Crippen MR) is 74.8 cm³/mol. The van der Waals surface area contributed by atoms with Crippen molar-refractivity contribution in [1.29, 1.82) is 0 Å². The monoisotopic (exact) mass is 253 g/mol.